The van der Waals surface area contributed by atoms with Gasteiger partial charge in [0.1, 0.15) is 17.3 Å². The third-order valence-electron chi connectivity index (χ3n) is 4.07. The van der Waals surface area contributed by atoms with Crippen LogP contribution in [0.25, 0.3) is 0 Å². The highest BCUT2D eigenvalue weighted by atomic mass is 16.5. The molecule has 0 atom stereocenters. The number of rotatable bonds is 7. The zero-order chi connectivity index (χ0) is 19.1. The van der Waals surface area contributed by atoms with Crippen LogP contribution in [0.4, 0.5) is 11.5 Å². The molecule has 2 N–H and O–H groups in total. The Balaban J connectivity index is 1.50. The van der Waals surface area contributed by atoms with Crippen molar-refractivity contribution in [1.29, 1.82) is 0 Å². The first-order chi connectivity index (χ1) is 13.1. The summed E-state index contributed by atoms with van der Waals surface area (Å²) < 4.78 is 5.13. The van der Waals surface area contributed by atoms with E-state index < -0.39 is 0 Å². The summed E-state index contributed by atoms with van der Waals surface area (Å²) >= 11 is 0. The van der Waals surface area contributed by atoms with E-state index in [0.29, 0.717) is 18.1 Å². The molecule has 1 heterocycles. The van der Waals surface area contributed by atoms with Gasteiger partial charge in [-0.15, -0.1) is 0 Å². The maximum absolute atomic E-state index is 12.2. The summed E-state index contributed by atoms with van der Waals surface area (Å²) in [5.74, 6) is 1.17. The minimum Gasteiger partial charge on any atom is -0.497 e. The lowest BCUT2D eigenvalue weighted by atomic mass is 10.1. The molecule has 0 aliphatic rings. The Labute approximate surface area is 158 Å². The molecular formula is C21H22N4O2. The fraction of sp³-hybridized carbons (Fsp3) is 0.190. The molecule has 0 fully saturated rings. The maximum atomic E-state index is 12.2. The predicted octanol–water partition coefficient (Wildman–Crippen LogP) is 3.51. The molecule has 138 valence electrons. The van der Waals surface area contributed by atoms with E-state index in [2.05, 4.69) is 20.6 Å². The summed E-state index contributed by atoms with van der Waals surface area (Å²) in [6.07, 6.45) is 3.76. The summed E-state index contributed by atoms with van der Waals surface area (Å²) in [5, 5.41) is 6.01. The van der Waals surface area contributed by atoms with Crippen LogP contribution in [0.1, 0.15) is 21.6 Å². The van der Waals surface area contributed by atoms with Crippen molar-refractivity contribution in [3.63, 3.8) is 0 Å². The number of ether oxygens (including phenoxy) is 1. The van der Waals surface area contributed by atoms with Crippen LogP contribution in [-0.4, -0.2) is 29.5 Å². The van der Waals surface area contributed by atoms with Gasteiger partial charge in [-0.1, -0.05) is 29.8 Å². The van der Waals surface area contributed by atoms with E-state index in [0.717, 1.165) is 23.4 Å². The third kappa shape index (κ3) is 5.28. The first-order valence-electron chi connectivity index (χ1n) is 8.71. The normalized spacial score (nSPS) is 10.3. The summed E-state index contributed by atoms with van der Waals surface area (Å²) in [6, 6.07) is 15.7. The third-order valence-corrected chi connectivity index (χ3v) is 4.07. The number of aryl methyl sites for hydroxylation is 1. The van der Waals surface area contributed by atoms with E-state index >= 15 is 0 Å². The minimum absolute atomic E-state index is 0.238. The number of amides is 1. The van der Waals surface area contributed by atoms with Gasteiger partial charge < -0.3 is 15.4 Å². The molecule has 3 aromatic rings. The van der Waals surface area contributed by atoms with Crippen molar-refractivity contribution < 1.29 is 9.53 Å². The quantitative estimate of drug-likeness (QED) is 0.673. The molecule has 1 amide bonds. The van der Waals surface area contributed by atoms with Crippen LogP contribution in [0, 0.1) is 6.92 Å². The number of hydrogen-bond donors (Lipinski definition) is 2. The molecule has 0 aliphatic carbocycles. The number of benzene rings is 2. The van der Waals surface area contributed by atoms with Crippen LogP contribution in [0.3, 0.4) is 0 Å². The van der Waals surface area contributed by atoms with Crippen LogP contribution < -0.4 is 15.4 Å². The highest BCUT2D eigenvalue weighted by Gasteiger charge is 2.08. The van der Waals surface area contributed by atoms with E-state index in [1.807, 2.05) is 55.5 Å². The Morgan fingerprint density at radius 3 is 2.37 bits per heavy atom. The second kappa shape index (κ2) is 8.80. The van der Waals surface area contributed by atoms with Crippen molar-refractivity contribution in [2.24, 2.45) is 0 Å². The van der Waals surface area contributed by atoms with E-state index in [4.69, 9.17) is 4.74 Å². The average molecular weight is 362 g/mol. The molecule has 0 radical (unpaired) electrons. The van der Waals surface area contributed by atoms with Crippen molar-refractivity contribution in [2.45, 2.75) is 13.3 Å². The molecule has 0 aliphatic heterocycles. The second-order valence-electron chi connectivity index (χ2n) is 6.13. The van der Waals surface area contributed by atoms with Crippen molar-refractivity contribution in [3.05, 3.63) is 77.7 Å². The second-order valence-corrected chi connectivity index (χ2v) is 6.13. The van der Waals surface area contributed by atoms with Gasteiger partial charge in [-0.2, -0.15) is 0 Å². The number of carbonyl (C=O) groups is 1. The monoisotopic (exact) mass is 362 g/mol. The summed E-state index contributed by atoms with van der Waals surface area (Å²) in [5.41, 5.74) is 3.53. The Morgan fingerprint density at radius 2 is 1.74 bits per heavy atom. The highest BCUT2D eigenvalue weighted by molar-refractivity contribution is 5.92. The molecule has 0 bridgehead atoms. The van der Waals surface area contributed by atoms with Gasteiger partial charge in [0.25, 0.3) is 5.91 Å². The van der Waals surface area contributed by atoms with E-state index in [1.165, 1.54) is 11.8 Å². The van der Waals surface area contributed by atoms with Crippen molar-refractivity contribution in [1.82, 2.24) is 15.3 Å². The molecule has 2 aromatic carbocycles. The van der Waals surface area contributed by atoms with Gasteiger partial charge in [0.05, 0.1) is 19.5 Å². The molecule has 0 spiro atoms. The lowest BCUT2D eigenvalue weighted by molar-refractivity contribution is 0.0949. The van der Waals surface area contributed by atoms with Crippen molar-refractivity contribution >= 4 is 17.4 Å². The van der Waals surface area contributed by atoms with Crippen LogP contribution in [0.5, 0.6) is 5.75 Å². The molecule has 3 rings (SSSR count). The number of methoxy groups -OCH3 is 1. The topological polar surface area (TPSA) is 76.1 Å². The van der Waals surface area contributed by atoms with Gasteiger partial charge in [-0.05, 0) is 43.2 Å². The minimum atomic E-state index is -0.238. The Kier molecular flexibility index (Phi) is 5.99. The van der Waals surface area contributed by atoms with Gasteiger partial charge in [-0.3, -0.25) is 4.79 Å². The maximum Gasteiger partial charge on any atom is 0.271 e. The molecule has 1 aromatic heterocycles. The lowest BCUT2D eigenvalue weighted by Gasteiger charge is -2.07. The Morgan fingerprint density at radius 1 is 1.00 bits per heavy atom. The number of carbonyl (C=O) groups excluding carboxylic acids is 1. The number of nitrogens with zero attached hydrogens (tertiary/aromatic N) is 2. The zero-order valence-electron chi connectivity index (χ0n) is 15.4. The molecule has 6 nitrogen and oxygen atoms in total. The van der Waals surface area contributed by atoms with Gasteiger partial charge in [0, 0.05) is 12.2 Å². The average Bonchev–Trinajstić information content (AvgIpc) is 2.71. The molecule has 6 heteroatoms. The van der Waals surface area contributed by atoms with Gasteiger partial charge >= 0.3 is 0 Å². The molecule has 27 heavy (non-hydrogen) atoms. The number of aromatic nitrogens is 2. The Bertz CT molecular complexity index is 876. The summed E-state index contributed by atoms with van der Waals surface area (Å²) in [4.78, 5) is 20.6. The van der Waals surface area contributed by atoms with Crippen LogP contribution >= 0.6 is 0 Å². The summed E-state index contributed by atoms with van der Waals surface area (Å²) in [6.45, 7) is 2.56. The van der Waals surface area contributed by atoms with Crippen LogP contribution in [0.15, 0.2) is 60.9 Å². The smallest absolute Gasteiger partial charge is 0.271 e. The fourth-order valence-corrected chi connectivity index (χ4v) is 2.50. The zero-order valence-corrected chi connectivity index (χ0v) is 15.4. The molecule has 0 unspecified atom stereocenters. The Hall–Kier alpha value is -3.41. The van der Waals surface area contributed by atoms with E-state index in [9.17, 15) is 4.79 Å². The number of nitrogens with one attached hydrogen (secondary N) is 2. The predicted molar refractivity (Wildman–Crippen MR) is 106 cm³/mol. The van der Waals surface area contributed by atoms with Gasteiger partial charge in [0.15, 0.2) is 0 Å². The molecular weight excluding hydrogens is 340 g/mol. The molecule has 0 saturated carbocycles. The number of anilines is 2. The van der Waals surface area contributed by atoms with E-state index in [1.54, 1.807) is 13.3 Å². The first kappa shape index (κ1) is 18.4. The SMILES string of the molecule is COc1ccc(CCNC(=O)c2cnc(Nc3ccc(C)cc3)cn2)cc1. The van der Waals surface area contributed by atoms with Gasteiger partial charge in [-0.25, -0.2) is 9.97 Å². The van der Waals surface area contributed by atoms with Crippen molar-refractivity contribution in [2.75, 3.05) is 19.0 Å². The van der Waals surface area contributed by atoms with E-state index in [-0.39, 0.29) is 5.91 Å². The van der Waals surface area contributed by atoms with Crippen LogP contribution in [0.2, 0.25) is 0 Å². The molecule has 0 saturated heterocycles. The largest absolute Gasteiger partial charge is 0.497 e. The lowest BCUT2D eigenvalue weighted by Crippen LogP contribution is -2.26. The van der Waals surface area contributed by atoms with Gasteiger partial charge in [0.2, 0.25) is 0 Å². The summed E-state index contributed by atoms with van der Waals surface area (Å²) in [7, 11) is 1.64. The number of hydrogen-bond acceptors (Lipinski definition) is 5. The fourth-order valence-electron chi connectivity index (χ4n) is 2.50. The highest BCUT2D eigenvalue weighted by Crippen LogP contribution is 2.14. The standard InChI is InChI=1S/C21H22N4O2/c1-15-3-7-17(8-4-15)25-20-14-23-19(13-24-20)21(26)22-12-11-16-5-9-18(27-2)10-6-16/h3-10,13-14H,11-12H2,1-2H3,(H,22,26)(H,24,25). The van der Waals surface area contributed by atoms with Crippen molar-refractivity contribution in [3.8, 4) is 5.75 Å². The first-order valence-corrected chi connectivity index (χ1v) is 8.71. The van der Waals surface area contributed by atoms with Crippen LogP contribution in [-0.2, 0) is 6.42 Å².